The number of hydrogen-bond acceptors (Lipinski definition) is 9. The van der Waals surface area contributed by atoms with Gasteiger partial charge in [0.1, 0.15) is 17.3 Å². The smallest absolute Gasteiger partial charge is 0.162 e. The zero-order valence-corrected chi connectivity index (χ0v) is 17.3. The van der Waals surface area contributed by atoms with E-state index in [2.05, 4.69) is 25.9 Å². The number of hydrogen-bond donors (Lipinski definition) is 2. The lowest BCUT2D eigenvalue weighted by Crippen LogP contribution is -2.37. The molecule has 32 heavy (non-hydrogen) atoms. The van der Waals surface area contributed by atoms with E-state index in [1.807, 2.05) is 6.07 Å². The van der Waals surface area contributed by atoms with E-state index in [0.29, 0.717) is 40.1 Å². The largest absolute Gasteiger partial charge is 0.456 e. The summed E-state index contributed by atoms with van der Waals surface area (Å²) in [7, 11) is 0. The van der Waals surface area contributed by atoms with Crippen LogP contribution in [0, 0.1) is 11.3 Å². The molecule has 2 aromatic heterocycles. The molecule has 4 heterocycles. The Morgan fingerprint density at radius 3 is 2.78 bits per heavy atom. The highest BCUT2D eigenvalue weighted by Gasteiger charge is 2.39. The molecule has 1 aromatic carbocycles. The molecule has 0 amide bonds. The van der Waals surface area contributed by atoms with E-state index >= 15 is 0 Å². The number of ether oxygens (including phenoxy) is 2. The predicted octanol–water partition coefficient (Wildman–Crippen LogP) is 2.17. The van der Waals surface area contributed by atoms with Gasteiger partial charge in [-0.05, 0) is 30.7 Å². The number of nitriles is 1. The van der Waals surface area contributed by atoms with Gasteiger partial charge in [0.25, 0.3) is 0 Å². The first-order valence-corrected chi connectivity index (χ1v) is 10.4. The summed E-state index contributed by atoms with van der Waals surface area (Å²) in [5.74, 6) is 2.32. The summed E-state index contributed by atoms with van der Waals surface area (Å²) >= 11 is 0. The van der Waals surface area contributed by atoms with Crippen molar-refractivity contribution < 1.29 is 14.6 Å². The van der Waals surface area contributed by atoms with E-state index in [1.54, 1.807) is 30.5 Å². The molecule has 3 unspecified atom stereocenters. The van der Waals surface area contributed by atoms with Gasteiger partial charge in [0, 0.05) is 43.3 Å². The van der Waals surface area contributed by atoms with Gasteiger partial charge in [0.15, 0.2) is 5.82 Å². The fraction of sp³-hybridized carbons (Fsp3) is 0.304. The van der Waals surface area contributed by atoms with E-state index in [4.69, 9.17) is 15.2 Å². The third-order valence-corrected chi connectivity index (χ3v) is 5.77. The van der Waals surface area contributed by atoms with Crippen molar-refractivity contribution >= 4 is 5.82 Å². The maximum atomic E-state index is 9.88. The van der Waals surface area contributed by atoms with Crippen molar-refractivity contribution in [1.82, 2.24) is 15.0 Å². The van der Waals surface area contributed by atoms with E-state index in [9.17, 15) is 10.4 Å². The Kier molecular flexibility index (Phi) is 5.41. The average Bonchev–Trinajstić information content (AvgIpc) is 3.48. The van der Waals surface area contributed by atoms with Crippen LogP contribution in [0.2, 0.25) is 0 Å². The molecule has 2 aliphatic heterocycles. The molecule has 3 atom stereocenters. The summed E-state index contributed by atoms with van der Waals surface area (Å²) in [4.78, 5) is 15.5. The molecule has 162 valence electrons. The number of aromatic nitrogens is 3. The van der Waals surface area contributed by atoms with Gasteiger partial charge >= 0.3 is 0 Å². The van der Waals surface area contributed by atoms with Gasteiger partial charge in [0.2, 0.25) is 0 Å². The van der Waals surface area contributed by atoms with E-state index in [-0.39, 0.29) is 12.6 Å². The van der Waals surface area contributed by atoms with Crippen molar-refractivity contribution in [3.63, 3.8) is 0 Å². The predicted molar refractivity (Wildman–Crippen MR) is 116 cm³/mol. The topological polar surface area (TPSA) is 130 Å². The molecule has 2 saturated heterocycles. The van der Waals surface area contributed by atoms with Crippen LogP contribution in [0.1, 0.15) is 23.7 Å². The molecule has 0 saturated carbocycles. The van der Waals surface area contributed by atoms with Crippen LogP contribution in [0.5, 0.6) is 11.5 Å². The zero-order chi connectivity index (χ0) is 22.1. The summed E-state index contributed by atoms with van der Waals surface area (Å²) in [6.45, 7) is 1.63. The van der Waals surface area contributed by atoms with Gasteiger partial charge in [-0.25, -0.2) is 15.0 Å². The highest BCUT2D eigenvalue weighted by molar-refractivity contribution is 5.66. The average molecular weight is 430 g/mol. The zero-order valence-electron chi connectivity index (χ0n) is 17.3. The second-order valence-electron chi connectivity index (χ2n) is 7.86. The molecule has 9 nitrogen and oxygen atoms in total. The van der Waals surface area contributed by atoms with Crippen molar-refractivity contribution in [1.29, 1.82) is 5.26 Å². The van der Waals surface area contributed by atoms with E-state index < -0.39 is 6.10 Å². The van der Waals surface area contributed by atoms with Crippen molar-refractivity contribution in [2.45, 2.75) is 24.7 Å². The van der Waals surface area contributed by atoms with Crippen LogP contribution in [0.25, 0.3) is 11.4 Å². The second kappa shape index (κ2) is 8.51. The van der Waals surface area contributed by atoms with Gasteiger partial charge < -0.3 is 25.2 Å². The Labute approximate surface area is 185 Å². The number of morpholine rings is 1. The third-order valence-electron chi connectivity index (χ3n) is 5.77. The van der Waals surface area contributed by atoms with Crippen molar-refractivity contribution in [2.24, 2.45) is 5.73 Å². The molecule has 0 aliphatic carbocycles. The van der Waals surface area contributed by atoms with Crippen LogP contribution in [0.4, 0.5) is 5.82 Å². The minimum absolute atomic E-state index is 0.0864. The number of benzene rings is 1. The van der Waals surface area contributed by atoms with Crippen LogP contribution in [-0.4, -0.2) is 51.9 Å². The number of aliphatic hydroxyl groups is 1. The number of aliphatic hydroxyl groups excluding tert-OH is 1. The minimum atomic E-state index is -0.817. The van der Waals surface area contributed by atoms with Crippen LogP contribution < -0.4 is 15.4 Å². The Balaban J connectivity index is 1.45. The van der Waals surface area contributed by atoms with Gasteiger partial charge in [0.05, 0.1) is 42.1 Å². The standard InChI is InChI=1S/C23H22N6O3/c24-8-14-1-2-19(23-27-10-15(11-28-23)20(30)9-25)21(5-14)32-17-3-4-26-22(7-17)29-12-18-6-16(29)13-31-18/h1-5,7,10-11,16,18,20,30H,6,9,12-13,25H2. The highest BCUT2D eigenvalue weighted by atomic mass is 16.5. The van der Waals surface area contributed by atoms with Gasteiger partial charge in [-0.3, -0.25) is 0 Å². The molecule has 5 rings (SSSR count). The normalized spacial score (nSPS) is 20.2. The maximum Gasteiger partial charge on any atom is 0.162 e. The number of nitrogens with two attached hydrogens (primary N) is 1. The van der Waals surface area contributed by atoms with Crippen molar-refractivity contribution in [2.75, 3.05) is 24.6 Å². The molecule has 9 heteroatoms. The molecule has 0 spiro atoms. The molecule has 3 aromatic rings. The quantitative estimate of drug-likeness (QED) is 0.604. The van der Waals surface area contributed by atoms with Crippen LogP contribution in [-0.2, 0) is 4.74 Å². The lowest BCUT2D eigenvalue weighted by molar-refractivity contribution is 0.0989. The molecule has 2 fully saturated rings. The SMILES string of the molecule is N#Cc1ccc(-c2ncc(C(O)CN)cn2)c(Oc2ccnc(N3CC4CC3CO4)c2)c1. The van der Waals surface area contributed by atoms with Crippen molar-refractivity contribution in [3.05, 3.63) is 60.0 Å². The first-order valence-electron chi connectivity index (χ1n) is 10.4. The molecule has 2 aliphatic rings. The summed E-state index contributed by atoms with van der Waals surface area (Å²) in [6, 6.07) is 11.2. The van der Waals surface area contributed by atoms with Gasteiger partial charge in [-0.15, -0.1) is 0 Å². The first-order chi connectivity index (χ1) is 15.6. The van der Waals surface area contributed by atoms with Gasteiger partial charge in [-0.2, -0.15) is 5.26 Å². The summed E-state index contributed by atoms with van der Waals surface area (Å²) < 4.78 is 11.9. The summed E-state index contributed by atoms with van der Waals surface area (Å²) in [5.41, 5.74) is 7.13. The monoisotopic (exact) mass is 430 g/mol. The number of rotatable bonds is 6. The Hall–Kier alpha value is -3.58. The van der Waals surface area contributed by atoms with E-state index in [0.717, 1.165) is 25.4 Å². The fourth-order valence-corrected chi connectivity index (χ4v) is 4.07. The minimum Gasteiger partial charge on any atom is -0.456 e. The Morgan fingerprint density at radius 1 is 1.25 bits per heavy atom. The maximum absolute atomic E-state index is 9.88. The van der Waals surface area contributed by atoms with Crippen LogP contribution >= 0.6 is 0 Å². The fourth-order valence-electron chi connectivity index (χ4n) is 4.07. The lowest BCUT2D eigenvalue weighted by Gasteiger charge is -2.28. The molecule has 0 radical (unpaired) electrons. The number of nitrogens with zero attached hydrogens (tertiary/aromatic N) is 5. The molecular formula is C23H22N6O3. The van der Waals surface area contributed by atoms with E-state index in [1.165, 1.54) is 12.4 Å². The lowest BCUT2D eigenvalue weighted by atomic mass is 10.1. The molecule has 2 bridgehead atoms. The first kappa shape index (κ1) is 20.3. The molecule has 3 N–H and O–H groups in total. The van der Waals surface area contributed by atoms with Crippen molar-refractivity contribution in [3.8, 4) is 29.0 Å². The third kappa shape index (κ3) is 3.87. The number of fused-ring (bicyclic) bond motifs is 2. The Bertz CT molecular complexity index is 1160. The second-order valence-corrected chi connectivity index (χ2v) is 7.86. The summed E-state index contributed by atoms with van der Waals surface area (Å²) in [6.07, 6.45) is 5.26. The number of anilines is 1. The van der Waals surface area contributed by atoms with Crippen LogP contribution in [0.3, 0.4) is 0 Å². The van der Waals surface area contributed by atoms with Crippen LogP contribution in [0.15, 0.2) is 48.9 Å². The number of pyridine rings is 1. The highest BCUT2D eigenvalue weighted by Crippen LogP contribution is 2.36. The molecular weight excluding hydrogens is 408 g/mol. The Morgan fingerprint density at radius 2 is 2.09 bits per heavy atom. The van der Waals surface area contributed by atoms with Gasteiger partial charge in [-0.1, -0.05) is 0 Å². The summed E-state index contributed by atoms with van der Waals surface area (Å²) in [5, 5.41) is 19.2.